The molecular formula is C53H65F3N10O4S3. The molecule has 0 bridgehead atoms. The van der Waals surface area contributed by atoms with Gasteiger partial charge in [-0.1, -0.05) is 12.8 Å². The number of ketones is 1. The number of carbonyl (C=O) groups excluding carboxylic acids is 2. The topological polar surface area (TPSA) is 188 Å². The molecule has 73 heavy (non-hydrogen) atoms. The Labute approximate surface area is 435 Å². The molecule has 0 unspecified atom stereocenters. The van der Waals surface area contributed by atoms with Crippen LogP contribution in [0.2, 0.25) is 0 Å². The maximum atomic E-state index is 12.6. The van der Waals surface area contributed by atoms with Crippen LogP contribution >= 0.6 is 34.0 Å². The number of aryl methyl sites for hydroxylation is 6. The van der Waals surface area contributed by atoms with Crippen molar-refractivity contribution in [2.45, 2.75) is 154 Å². The number of rotatable bonds is 15. The molecule has 12 rings (SSSR count). The Kier molecular flexibility index (Phi) is 15.8. The summed E-state index contributed by atoms with van der Waals surface area (Å²) in [6, 6.07) is 0. The number of likely N-dealkylation sites (N-methyl/N-ethyl adjacent to an activating group) is 1. The van der Waals surface area contributed by atoms with Gasteiger partial charge in [-0.15, -0.1) is 34.0 Å². The minimum absolute atomic E-state index is 0.0469. The summed E-state index contributed by atoms with van der Waals surface area (Å²) in [4.78, 5) is 70.2. The zero-order chi connectivity index (χ0) is 50.8. The van der Waals surface area contributed by atoms with E-state index >= 15 is 0 Å². The number of fused-ring (bicyclic) bond motifs is 9. The highest BCUT2D eigenvalue weighted by Gasteiger charge is 2.39. The number of amides is 1. The van der Waals surface area contributed by atoms with Crippen LogP contribution in [-0.4, -0.2) is 97.5 Å². The number of aromatic nitrogens is 6. The molecule has 0 radical (unpaired) electrons. The second-order valence-electron chi connectivity index (χ2n) is 21.0. The Balaban J connectivity index is 0.000000126. The fourth-order valence-electron chi connectivity index (χ4n) is 9.94. The Morgan fingerprint density at radius 1 is 0.521 bits per heavy atom. The van der Waals surface area contributed by atoms with E-state index in [1.54, 1.807) is 30.3 Å². The van der Waals surface area contributed by atoms with Crippen LogP contribution in [0.4, 0.5) is 30.6 Å². The molecule has 20 heteroatoms. The Morgan fingerprint density at radius 3 is 1.22 bits per heavy atom. The van der Waals surface area contributed by atoms with Crippen molar-refractivity contribution in [2.75, 3.05) is 49.7 Å². The van der Waals surface area contributed by atoms with Crippen molar-refractivity contribution < 1.29 is 32.7 Å². The van der Waals surface area contributed by atoms with Crippen LogP contribution in [0.15, 0.2) is 0 Å². The Morgan fingerprint density at radius 2 is 0.863 bits per heavy atom. The molecule has 0 aromatic carbocycles. The van der Waals surface area contributed by atoms with Crippen LogP contribution in [-0.2, 0) is 72.2 Å². The zero-order valence-corrected chi connectivity index (χ0v) is 44.2. The first kappa shape index (κ1) is 51.4. The molecule has 3 saturated carbocycles. The van der Waals surface area contributed by atoms with Crippen LogP contribution in [0.1, 0.15) is 139 Å². The normalized spacial score (nSPS) is 17.5. The third kappa shape index (κ3) is 12.9. The van der Waals surface area contributed by atoms with E-state index in [9.17, 15) is 27.6 Å². The summed E-state index contributed by atoms with van der Waals surface area (Å²) in [7, 11) is 3.56. The SMILES string of the molecule is CN(C)C(=O)Cc1nc(NCC2CC2)c2c3c(sc2n1)CCCCC3.O=C(Cc1nc(NCC2CC2)c2c3c(sc2n1)CCCC3)C(F)(F)F.O=C(O)Cc1nc(NCC2CC2)c2c3c(sc2n1)CCCCC3. The smallest absolute Gasteiger partial charge is 0.450 e. The van der Waals surface area contributed by atoms with E-state index in [2.05, 4.69) is 35.9 Å². The van der Waals surface area contributed by atoms with Crippen molar-refractivity contribution in [1.82, 2.24) is 34.8 Å². The van der Waals surface area contributed by atoms with Crippen LogP contribution in [0.5, 0.6) is 0 Å². The van der Waals surface area contributed by atoms with Gasteiger partial charge in [0.15, 0.2) is 0 Å². The number of carboxylic acids is 1. The summed E-state index contributed by atoms with van der Waals surface area (Å²) in [5.74, 6) is 2.93. The lowest BCUT2D eigenvalue weighted by molar-refractivity contribution is -0.170. The lowest BCUT2D eigenvalue weighted by Gasteiger charge is -2.13. The Bertz CT molecular complexity index is 3010. The van der Waals surface area contributed by atoms with E-state index in [-0.39, 0.29) is 24.6 Å². The molecule has 4 N–H and O–H groups in total. The first-order valence-electron chi connectivity index (χ1n) is 26.4. The average molecular weight is 1060 g/mol. The van der Waals surface area contributed by atoms with Crippen LogP contribution in [0, 0.1) is 17.8 Å². The number of Topliss-reactive ketones (excluding diaryl/α,β-unsaturated/α-hetero) is 1. The van der Waals surface area contributed by atoms with E-state index in [4.69, 9.17) is 15.1 Å². The van der Waals surface area contributed by atoms with E-state index in [1.807, 2.05) is 11.3 Å². The van der Waals surface area contributed by atoms with Gasteiger partial charge in [-0.25, -0.2) is 29.9 Å². The second kappa shape index (κ2) is 22.4. The molecule has 0 atom stereocenters. The van der Waals surface area contributed by atoms with Gasteiger partial charge >= 0.3 is 12.1 Å². The second-order valence-corrected chi connectivity index (χ2v) is 24.2. The van der Waals surface area contributed by atoms with Crippen LogP contribution in [0.3, 0.4) is 0 Å². The number of carboxylic acid groups (broad SMARTS) is 1. The lowest BCUT2D eigenvalue weighted by Crippen LogP contribution is -2.25. The number of carbonyl (C=O) groups is 3. The van der Waals surface area contributed by atoms with E-state index in [1.165, 1.54) is 125 Å². The van der Waals surface area contributed by atoms with Gasteiger partial charge in [0.05, 0.1) is 29.0 Å². The first-order valence-corrected chi connectivity index (χ1v) is 28.9. The summed E-state index contributed by atoms with van der Waals surface area (Å²) in [6.45, 7) is 2.68. The van der Waals surface area contributed by atoms with Crippen molar-refractivity contribution in [3.8, 4) is 0 Å². The van der Waals surface area contributed by atoms with Gasteiger partial charge in [0.1, 0.15) is 55.8 Å². The Hall–Kier alpha value is -5.08. The van der Waals surface area contributed by atoms with Gasteiger partial charge in [0.25, 0.3) is 0 Å². The molecule has 390 valence electrons. The van der Waals surface area contributed by atoms with Crippen molar-refractivity contribution >= 4 is 99.8 Å². The molecule has 0 aliphatic heterocycles. The number of hydrogen-bond donors (Lipinski definition) is 4. The predicted octanol–water partition coefficient (Wildman–Crippen LogP) is 10.9. The minimum atomic E-state index is -4.85. The molecule has 6 aliphatic rings. The monoisotopic (exact) mass is 1060 g/mol. The highest BCUT2D eigenvalue weighted by molar-refractivity contribution is 7.19. The van der Waals surface area contributed by atoms with Gasteiger partial charge in [-0.2, -0.15) is 13.2 Å². The number of halogens is 3. The standard InChI is InChI=1S/C19H26N4OS.C17H18F3N3OS.C17H21N3O2S/c1-23(2)16(24)10-15-21-18(20-11-12-8-9-12)17-13-6-4-3-5-7-14(13)25-19(17)22-15;18-17(19,20)12(24)7-13-22-15(21-8-9-5-6-9)14-10-3-1-2-4-11(10)25-16(14)23-13;21-14(22)8-13-19-16(18-9-10-6-7-10)15-11-4-2-1-3-5-12(11)23-17(15)20-13/h12H,3-11H2,1-2H3,(H,20,21,22);9H,1-8H2,(H,21,22,23);10H,1-9H2,(H,21,22)(H,18,19,20). The molecule has 0 saturated heterocycles. The van der Waals surface area contributed by atoms with Gasteiger partial charge in [0.2, 0.25) is 11.7 Å². The molecule has 6 heterocycles. The third-order valence-corrected chi connectivity index (χ3v) is 18.2. The molecular weight excluding hydrogens is 994 g/mol. The third-order valence-electron chi connectivity index (χ3n) is 14.6. The summed E-state index contributed by atoms with van der Waals surface area (Å²) in [5.41, 5.74) is 4.10. The summed E-state index contributed by atoms with van der Waals surface area (Å²) in [6.07, 6.45) is 18.3. The molecule has 0 spiro atoms. The number of nitrogens with zero attached hydrogens (tertiary/aromatic N) is 7. The fraction of sp³-hybridized carbons (Fsp3) is 0.604. The average Bonchev–Trinajstić information content (AvgIpc) is 4.24. The van der Waals surface area contributed by atoms with E-state index in [0.717, 1.165) is 115 Å². The van der Waals surface area contributed by atoms with Crippen LogP contribution in [0.25, 0.3) is 30.6 Å². The molecule has 1 amide bonds. The highest BCUT2D eigenvalue weighted by Crippen LogP contribution is 2.42. The maximum Gasteiger partial charge on any atom is 0.450 e. The van der Waals surface area contributed by atoms with Gasteiger partial charge in [-0.05, 0) is 150 Å². The quantitative estimate of drug-likeness (QED) is 0.0712. The number of thiophene rings is 3. The van der Waals surface area contributed by atoms with E-state index < -0.39 is 24.3 Å². The maximum absolute atomic E-state index is 12.6. The minimum Gasteiger partial charge on any atom is -0.481 e. The zero-order valence-electron chi connectivity index (χ0n) is 41.8. The van der Waals surface area contributed by atoms with E-state index in [0.29, 0.717) is 28.2 Å². The predicted molar refractivity (Wildman–Crippen MR) is 284 cm³/mol. The molecule has 14 nitrogen and oxygen atoms in total. The first-order chi connectivity index (χ1) is 35.2. The summed E-state index contributed by atoms with van der Waals surface area (Å²) < 4.78 is 37.7. The van der Waals surface area contributed by atoms with Gasteiger partial charge in [-0.3, -0.25) is 14.4 Å². The molecule has 6 aromatic rings. The van der Waals surface area contributed by atoms with Crippen LogP contribution < -0.4 is 16.0 Å². The molecule has 6 aliphatic carbocycles. The van der Waals surface area contributed by atoms with Crippen molar-refractivity contribution in [3.05, 3.63) is 48.8 Å². The molecule has 3 fully saturated rings. The summed E-state index contributed by atoms with van der Waals surface area (Å²) in [5, 5.41) is 22.8. The number of alkyl halides is 3. The summed E-state index contributed by atoms with van der Waals surface area (Å²) >= 11 is 5.07. The molecule has 6 aromatic heterocycles. The number of anilines is 3. The van der Waals surface area contributed by atoms with Crippen molar-refractivity contribution in [1.29, 1.82) is 0 Å². The number of hydrogen-bond acceptors (Lipinski definition) is 15. The highest BCUT2D eigenvalue weighted by atomic mass is 32.1. The van der Waals surface area contributed by atoms with Gasteiger partial charge < -0.3 is 26.0 Å². The van der Waals surface area contributed by atoms with Crippen molar-refractivity contribution in [2.24, 2.45) is 17.8 Å². The number of nitrogens with one attached hydrogen (secondary N) is 3. The van der Waals surface area contributed by atoms with Gasteiger partial charge in [0, 0.05) is 48.4 Å². The van der Waals surface area contributed by atoms with Crippen molar-refractivity contribution in [3.63, 3.8) is 0 Å². The lowest BCUT2D eigenvalue weighted by atomic mass is 9.97. The largest absolute Gasteiger partial charge is 0.481 e. The number of aliphatic carboxylic acids is 1. The fourth-order valence-corrected chi connectivity index (χ4v) is 13.8.